The standard InChI is InChI=1S/C17H15F6N3O3/c1-9(7-13(27)16(18,19)20)24-12-5-3-11(4-6-12)14(28)26-15(29,17(21,22)23)8-10(2)25-26/h3-8,24-25,29H,1-2H3/b9-7+/t15-/m1/s1. The molecule has 2 rings (SSSR count). The van der Waals surface area contributed by atoms with Crippen molar-refractivity contribution in [3.05, 3.63) is 53.4 Å². The summed E-state index contributed by atoms with van der Waals surface area (Å²) in [6, 6.07) is 4.64. The van der Waals surface area contributed by atoms with Gasteiger partial charge in [-0.15, -0.1) is 0 Å². The maximum absolute atomic E-state index is 13.2. The summed E-state index contributed by atoms with van der Waals surface area (Å²) in [6.45, 7) is 2.43. The van der Waals surface area contributed by atoms with E-state index in [0.29, 0.717) is 12.2 Å². The van der Waals surface area contributed by atoms with Gasteiger partial charge in [0.05, 0.1) is 0 Å². The van der Waals surface area contributed by atoms with E-state index < -0.39 is 29.8 Å². The van der Waals surface area contributed by atoms with Crippen LogP contribution in [-0.4, -0.2) is 39.9 Å². The highest BCUT2D eigenvalue weighted by Crippen LogP contribution is 2.38. The maximum Gasteiger partial charge on any atom is 0.454 e. The number of carbonyl (C=O) groups excluding carboxylic acids is 2. The van der Waals surface area contributed by atoms with Gasteiger partial charge in [0.15, 0.2) is 0 Å². The van der Waals surface area contributed by atoms with Crippen molar-refractivity contribution in [1.82, 2.24) is 10.4 Å². The number of halogens is 6. The predicted octanol–water partition coefficient (Wildman–Crippen LogP) is 3.25. The molecule has 1 amide bonds. The minimum Gasteiger partial charge on any atom is -0.359 e. The molecule has 1 aliphatic rings. The first-order valence-electron chi connectivity index (χ1n) is 7.91. The summed E-state index contributed by atoms with van der Waals surface area (Å²) in [5, 5.41) is 12.4. The normalized spacial score (nSPS) is 20.2. The van der Waals surface area contributed by atoms with Crippen molar-refractivity contribution < 1.29 is 41.0 Å². The quantitative estimate of drug-likeness (QED) is 0.512. The van der Waals surface area contributed by atoms with E-state index in [4.69, 9.17) is 0 Å². The van der Waals surface area contributed by atoms with E-state index in [1.807, 2.05) is 0 Å². The van der Waals surface area contributed by atoms with Crippen molar-refractivity contribution in [2.75, 3.05) is 5.32 Å². The fraction of sp³-hybridized carbons (Fsp3) is 0.294. The Labute approximate surface area is 160 Å². The summed E-state index contributed by atoms with van der Waals surface area (Å²) in [4.78, 5) is 23.3. The predicted molar refractivity (Wildman–Crippen MR) is 89.0 cm³/mol. The fourth-order valence-electron chi connectivity index (χ4n) is 2.44. The van der Waals surface area contributed by atoms with E-state index in [-0.39, 0.29) is 27.7 Å². The maximum atomic E-state index is 13.2. The first-order valence-corrected chi connectivity index (χ1v) is 7.91. The number of alkyl halides is 6. The van der Waals surface area contributed by atoms with Gasteiger partial charge in [-0.2, -0.15) is 26.3 Å². The van der Waals surface area contributed by atoms with Crippen LogP contribution in [0, 0.1) is 0 Å². The van der Waals surface area contributed by atoms with E-state index in [2.05, 4.69) is 10.7 Å². The van der Waals surface area contributed by atoms with Gasteiger partial charge in [-0.25, -0.2) is 5.01 Å². The molecule has 0 aliphatic carbocycles. The molecule has 1 aliphatic heterocycles. The summed E-state index contributed by atoms with van der Waals surface area (Å²) >= 11 is 0. The number of benzene rings is 1. The van der Waals surface area contributed by atoms with Crippen molar-refractivity contribution in [3.63, 3.8) is 0 Å². The molecule has 1 heterocycles. The molecule has 0 radical (unpaired) electrons. The summed E-state index contributed by atoms with van der Waals surface area (Å²) in [5.41, 5.74) is -1.69. The lowest BCUT2D eigenvalue weighted by Crippen LogP contribution is -2.60. The van der Waals surface area contributed by atoms with Crippen LogP contribution in [0.25, 0.3) is 0 Å². The summed E-state index contributed by atoms with van der Waals surface area (Å²) in [5.74, 6) is -3.26. The number of amides is 1. The number of hydrogen-bond acceptors (Lipinski definition) is 5. The van der Waals surface area contributed by atoms with Crippen molar-refractivity contribution in [2.45, 2.75) is 31.9 Å². The number of carbonyl (C=O) groups is 2. The van der Waals surface area contributed by atoms with Gasteiger partial charge in [0.1, 0.15) is 0 Å². The highest BCUT2D eigenvalue weighted by atomic mass is 19.4. The number of aliphatic hydroxyl groups is 1. The molecule has 158 valence electrons. The lowest BCUT2D eigenvalue weighted by atomic mass is 10.1. The molecular formula is C17H15F6N3O3. The molecule has 0 aromatic heterocycles. The molecule has 0 spiro atoms. The number of hydrogen-bond donors (Lipinski definition) is 3. The van der Waals surface area contributed by atoms with Crippen LogP contribution in [0.15, 0.2) is 47.8 Å². The SMILES string of the molecule is CC1=C[C@@](O)(C(F)(F)F)N(C(=O)c2ccc(N/C(C)=C/C(=O)C(F)(F)F)cc2)N1. The number of nitrogens with one attached hydrogen (secondary N) is 2. The highest BCUT2D eigenvalue weighted by Gasteiger charge is 2.61. The average molecular weight is 423 g/mol. The van der Waals surface area contributed by atoms with Gasteiger partial charge < -0.3 is 10.4 Å². The summed E-state index contributed by atoms with van der Waals surface area (Å²) < 4.78 is 76.3. The Hall–Kier alpha value is -3.02. The molecule has 1 aromatic rings. The van der Waals surface area contributed by atoms with Crippen LogP contribution in [0.5, 0.6) is 0 Å². The van der Waals surface area contributed by atoms with Gasteiger partial charge in [-0.1, -0.05) is 0 Å². The second-order valence-electron chi connectivity index (χ2n) is 6.20. The van der Waals surface area contributed by atoms with Gasteiger partial charge in [0, 0.05) is 28.7 Å². The third kappa shape index (κ3) is 4.70. The van der Waals surface area contributed by atoms with Gasteiger partial charge in [0.25, 0.3) is 17.4 Å². The van der Waals surface area contributed by atoms with E-state index in [0.717, 1.165) is 12.1 Å². The largest absolute Gasteiger partial charge is 0.454 e. The molecule has 0 saturated carbocycles. The molecule has 0 fully saturated rings. The molecule has 1 atom stereocenters. The molecule has 0 bridgehead atoms. The molecule has 0 saturated heterocycles. The van der Waals surface area contributed by atoms with Crippen LogP contribution in [0.2, 0.25) is 0 Å². The molecule has 3 N–H and O–H groups in total. The Kier molecular flexibility index (Phi) is 5.70. The van der Waals surface area contributed by atoms with Crippen LogP contribution in [-0.2, 0) is 4.79 Å². The molecule has 29 heavy (non-hydrogen) atoms. The zero-order valence-corrected chi connectivity index (χ0v) is 14.9. The topological polar surface area (TPSA) is 81.7 Å². The van der Waals surface area contributed by atoms with E-state index >= 15 is 0 Å². The number of hydrazine groups is 1. The van der Waals surface area contributed by atoms with Gasteiger partial charge in [-0.3, -0.25) is 15.0 Å². The Balaban J connectivity index is 2.17. The highest BCUT2D eigenvalue weighted by molar-refractivity contribution is 5.96. The molecule has 1 aromatic carbocycles. The molecular weight excluding hydrogens is 408 g/mol. The number of anilines is 1. The van der Waals surface area contributed by atoms with Crippen molar-refractivity contribution >= 4 is 17.4 Å². The van der Waals surface area contributed by atoms with Gasteiger partial charge in [-0.05, 0) is 44.2 Å². The number of nitrogens with zero attached hydrogens (tertiary/aromatic N) is 1. The third-order valence-corrected chi connectivity index (χ3v) is 3.77. The Bertz CT molecular complexity index is 874. The zero-order chi connectivity index (χ0) is 22.2. The van der Waals surface area contributed by atoms with Crippen molar-refractivity contribution in [1.29, 1.82) is 0 Å². The van der Waals surface area contributed by atoms with Crippen LogP contribution < -0.4 is 10.7 Å². The monoisotopic (exact) mass is 423 g/mol. The Morgan fingerprint density at radius 1 is 1.14 bits per heavy atom. The van der Waals surface area contributed by atoms with Crippen LogP contribution in [0.1, 0.15) is 24.2 Å². The molecule has 0 unspecified atom stereocenters. The second-order valence-corrected chi connectivity index (χ2v) is 6.20. The van der Waals surface area contributed by atoms with Crippen molar-refractivity contribution in [2.24, 2.45) is 0 Å². The molecule has 6 nitrogen and oxygen atoms in total. The Morgan fingerprint density at radius 2 is 1.69 bits per heavy atom. The summed E-state index contributed by atoms with van der Waals surface area (Å²) in [7, 11) is 0. The van der Waals surface area contributed by atoms with Crippen LogP contribution in [0.3, 0.4) is 0 Å². The van der Waals surface area contributed by atoms with E-state index in [9.17, 15) is 41.0 Å². The second kappa shape index (κ2) is 7.43. The average Bonchev–Trinajstić information content (AvgIpc) is 2.89. The summed E-state index contributed by atoms with van der Waals surface area (Å²) in [6.07, 6.45) is -9.40. The minimum atomic E-state index is -5.16. The first kappa shape index (κ1) is 22.3. The van der Waals surface area contributed by atoms with Gasteiger partial charge >= 0.3 is 12.4 Å². The Morgan fingerprint density at radius 3 is 2.17 bits per heavy atom. The lowest BCUT2D eigenvalue weighted by Gasteiger charge is -2.33. The minimum absolute atomic E-state index is 0.0257. The van der Waals surface area contributed by atoms with E-state index in [1.54, 1.807) is 0 Å². The first-order chi connectivity index (χ1) is 13.1. The van der Waals surface area contributed by atoms with Crippen LogP contribution in [0.4, 0.5) is 32.0 Å². The molecule has 12 heteroatoms. The number of ketones is 1. The third-order valence-electron chi connectivity index (χ3n) is 3.77. The smallest absolute Gasteiger partial charge is 0.359 e. The fourth-order valence-corrected chi connectivity index (χ4v) is 2.44. The van der Waals surface area contributed by atoms with E-state index in [1.165, 1.54) is 26.0 Å². The van der Waals surface area contributed by atoms with Crippen LogP contribution >= 0.6 is 0 Å². The number of allylic oxidation sites excluding steroid dienone is 3. The van der Waals surface area contributed by atoms with Gasteiger partial charge in [0.2, 0.25) is 0 Å². The number of rotatable bonds is 4. The lowest BCUT2D eigenvalue weighted by molar-refractivity contribution is -0.283. The zero-order valence-electron chi connectivity index (χ0n) is 14.9. The van der Waals surface area contributed by atoms with Crippen molar-refractivity contribution in [3.8, 4) is 0 Å².